The molecular formula is C23H29NO2. The van der Waals surface area contributed by atoms with Crippen molar-refractivity contribution in [1.82, 2.24) is 4.90 Å². The molecule has 0 saturated carbocycles. The molecule has 2 unspecified atom stereocenters. The second kappa shape index (κ2) is 7.51. The van der Waals surface area contributed by atoms with Gasteiger partial charge in [0.1, 0.15) is 0 Å². The van der Waals surface area contributed by atoms with Crippen LogP contribution < -0.4 is 0 Å². The molecule has 2 bridgehead atoms. The van der Waals surface area contributed by atoms with E-state index in [9.17, 15) is 5.11 Å². The molecule has 2 saturated heterocycles. The standard InChI is InChI=1S/C23H29NO2/c1-2-6-18-9-11-20(12-10-18)23(25)13-21-16-26-17-22(14-23)24(21)15-19-7-4-3-5-8-19/h3-5,7-12,21-22,25H,2,6,13-17H2,1H3. The van der Waals surface area contributed by atoms with Gasteiger partial charge in [-0.05, 0) is 36.0 Å². The Morgan fingerprint density at radius 1 is 0.962 bits per heavy atom. The maximum atomic E-state index is 11.5. The number of hydrogen-bond donors (Lipinski definition) is 1. The second-order valence-corrected chi connectivity index (χ2v) is 7.89. The molecular weight excluding hydrogens is 322 g/mol. The van der Waals surface area contributed by atoms with Crippen molar-refractivity contribution in [3.63, 3.8) is 0 Å². The summed E-state index contributed by atoms with van der Waals surface area (Å²) in [6.07, 6.45) is 3.73. The van der Waals surface area contributed by atoms with E-state index in [0.717, 1.165) is 37.8 Å². The average Bonchev–Trinajstić information content (AvgIpc) is 2.64. The zero-order chi connectivity index (χ0) is 18.0. The largest absolute Gasteiger partial charge is 0.385 e. The highest BCUT2D eigenvalue weighted by Crippen LogP contribution is 2.41. The Kier molecular flexibility index (Phi) is 5.12. The fourth-order valence-electron chi connectivity index (χ4n) is 4.60. The van der Waals surface area contributed by atoms with Crippen LogP contribution in [0.4, 0.5) is 0 Å². The molecule has 3 nitrogen and oxygen atoms in total. The number of aliphatic hydroxyl groups is 1. The Bertz CT molecular complexity index is 699. The van der Waals surface area contributed by atoms with E-state index in [0.29, 0.717) is 13.2 Å². The molecule has 0 aromatic heterocycles. The van der Waals surface area contributed by atoms with Gasteiger partial charge in [0.25, 0.3) is 0 Å². The number of rotatable bonds is 5. The molecule has 2 aromatic carbocycles. The molecule has 26 heavy (non-hydrogen) atoms. The van der Waals surface area contributed by atoms with E-state index in [1.54, 1.807) is 0 Å². The van der Waals surface area contributed by atoms with Gasteiger partial charge in [-0.1, -0.05) is 67.9 Å². The third-order valence-corrected chi connectivity index (χ3v) is 5.94. The fourth-order valence-corrected chi connectivity index (χ4v) is 4.60. The Morgan fingerprint density at radius 2 is 1.62 bits per heavy atom. The maximum absolute atomic E-state index is 11.5. The molecule has 1 N–H and O–H groups in total. The molecule has 0 radical (unpaired) electrons. The van der Waals surface area contributed by atoms with Gasteiger partial charge in [-0.3, -0.25) is 4.90 Å². The topological polar surface area (TPSA) is 32.7 Å². The molecule has 2 aromatic rings. The van der Waals surface area contributed by atoms with Gasteiger partial charge < -0.3 is 9.84 Å². The van der Waals surface area contributed by atoms with Crippen LogP contribution in [0.5, 0.6) is 0 Å². The third-order valence-electron chi connectivity index (χ3n) is 5.94. The number of aryl methyl sites for hydroxylation is 1. The molecule has 0 amide bonds. The predicted octanol–water partition coefficient (Wildman–Crippen LogP) is 3.89. The molecule has 2 aliphatic heterocycles. The molecule has 2 fully saturated rings. The first-order valence-corrected chi connectivity index (χ1v) is 9.87. The summed E-state index contributed by atoms with van der Waals surface area (Å²) in [5, 5.41) is 11.5. The van der Waals surface area contributed by atoms with Crippen molar-refractivity contribution in [2.75, 3.05) is 13.2 Å². The van der Waals surface area contributed by atoms with Gasteiger partial charge in [-0.25, -0.2) is 0 Å². The third kappa shape index (κ3) is 3.57. The molecule has 4 rings (SSSR count). The first-order valence-electron chi connectivity index (χ1n) is 9.87. The highest BCUT2D eigenvalue weighted by Gasteiger charge is 2.46. The first-order chi connectivity index (χ1) is 12.7. The number of fused-ring (bicyclic) bond motifs is 2. The quantitative estimate of drug-likeness (QED) is 0.887. The monoisotopic (exact) mass is 351 g/mol. The minimum absolute atomic E-state index is 0.267. The Morgan fingerprint density at radius 3 is 2.23 bits per heavy atom. The molecule has 2 heterocycles. The molecule has 0 spiro atoms. The van der Waals surface area contributed by atoms with Crippen LogP contribution >= 0.6 is 0 Å². The van der Waals surface area contributed by atoms with E-state index in [4.69, 9.17) is 4.74 Å². The van der Waals surface area contributed by atoms with Crippen molar-refractivity contribution in [1.29, 1.82) is 0 Å². The normalized spacial score (nSPS) is 28.8. The van der Waals surface area contributed by atoms with Gasteiger partial charge in [0.2, 0.25) is 0 Å². The van der Waals surface area contributed by atoms with Gasteiger partial charge in [0.05, 0.1) is 18.8 Å². The lowest BCUT2D eigenvalue weighted by Gasteiger charge is -2.52. The van der Waals surface area contributed by atoms with Crippen molar-refractivity contribution >= 4 is 0 Å². The minimum atomic E-state index is -0.739. The van der Waals surface area contributed by atoms with E-state index >= 15 is 0 Å². The number of nitrogens with zero attached hydrogens (tertiary/aromatic N) is 1. The fraction of sp³-hybridized carbons (Fsp3) is 0.478. The SMILES string of the molecule is CCCc1ccc(C2(O)CC3COCC(C2)N3Cc2ccccc2)cc1. The zero-order valence-corrected chi connectivity index (χ0v) is 15.6. The molecule has 138 valence electrons. The Hall–Kier alpha value is -1.68. The summed E-state index contributed by atoms with van der Waals surface area (Å²) < 4.78 is 5.83. The lowest BCUT2D eigenvalue weighted by Crippen LogP contribution is -2.60. The highest BCUT2D eigenvalue weighted by molar-refractivity contribution is 5.29. The summed E-state index contributed by atoms with van der Waals surface area (Å²) >= 11 is 0. The molecule has 2 atom stereocenters. The number of benzene rings is 2. The summed E-state index contributed by atoms with van der Waals surface area (Å²) in [5.74, 6) is 0. The summed E-state index contributed by atoms with van der Waals surface area (Å²) in [5.41, 5.74) is 3.01. The van der Waals surface area contributed by atoms with Crippen LogP contribution in [0, 0.1) is 0 Å². The summed E-state index contributed by atoms with van der Waals surface area (Å²) in [7, 11) is 0. The molecule has 3 heteroatoms. The maximum Gasteiger partial charge on any atom is 0.0928 e. The van der Waals surface area contributed by atoms with E-state index in [2.05, 4.69) is 66.4 Å². The van der Waals surface area contributed by atoms with E-state index < -0.39 is 5.60 Å². The number of hydrogen-bond acceptors (Lipinski definition) is 3. The lowest BCUT2D eigenvalue weighted by molar-refractivity contribution is -0.149. The molecule has 2 aliphatic rings. The summed E-state index contributed by atoms with van der Waals surface area (Å²) in [6.45, 7) is 4.55. The van der Waals surface area contributed by atoms with Crippen molar-refractivity contribution < 1.29 is 9.84 Å². The lowest BCUT2D eigenvalue weighted by atomic mass is 9.76. The number of piperidine rings is 1. The van der Waals surface area contributed by atoms with Crippen LogP contribution in [0.1, 0.15) is 42.9 Å². The second-order valence-electron chi connectivity index (χ2n) is 7.89. The van der Waals surface area contributed by atoms with E-state index in [-0.39, 0.29) is 12.1 Å². The van der Waals surface area contributed by atoms with Crippen LogP contribution in [-0.4, -0.2) is 35.3 Å². The Balaban J connectivity index is 1.53. The van der Waals surface area contributed by atoms with Crippen LogP contribution in [0.3, 0.4) is 0 Å². The van der Waals surface area contributed by atoms with Crippen molar-refractivity contribution in [2.45, 2.75) is 56.8 Å². The van der Waals surface area contributed by atoms with Crippen LogP contribution in [-0.2, 0) is 23.3 Å². The minimum Gasteiger partial charge on any atom is -0.385 e. The van der Waals surface area contributed by atoms with Crippen molar-refractivity contribution in [3.05, 3.63) is 71.3 Å². The van der Waals surface area contributed by atoms with Crippen molar-refractivity contribution in [2.24, 2.45) is 0 Å². The van der Waals surface area contributed by atoms with Crippen LogP contribution in [0.2, 0.25) is 0 Å². The average molecular weight is 351 g/mol. The van der Waals surface area contributed by atoms with Gasteiger partial charge >= 0.3 is 0 Å². The van der Waals surface area contributed by atoms with Gasteiger partial charge in [0, 0.05) is 18.6 Å². The zero-order valence-electron chi connectivity index (χ0n) is 15.6. The van der Waals surface area contributed by atoms with Crippen LogP contribution in [0.25, 0.3) is 0 Å². The molecule has 0 aliphatic carbocycles. The predicted molar refractivity (Wildman–Crippen MR) is 104 cm³/mol. The summed E-state index contributed by atoms with van der Waals surface area (Å²) in [4.78, 5) is 2.54. The van der Waals surface area contributed by atoms with Crippen LogP contribution in [0.15, 0.2) is 54.6 Å². The Labute approximate surface area is 156 Å². The van der Waals surface area contributed by atoms with Gasteiger partial charge in [0.15, 0.2) is 0 Å². The first kappa shape index (κ1) is 17.7. The van der Waals surface area contributed by atoms with Gasteiger partial charge in [-0.2, -0.15) is 0 Å². The highest BCUT2D eigenvalue weighted by atomic mass is 16.5. The smallest absolute Gasteiger partial charge is 0.0928 e. The van der Waals surface area contributed by atoms with E-state index in [1.807, 2.05) is 0 Å². The number of morpholine rings is 1. The van der Waals surface area contributed by atoms with Gasteiger partial charge in [-0.15, -0.1) is 0 Å². The number of ether oxygens (including phenoxy) is 1. The summed E-state index contributed by atoms with van der Waals surface area (Å²) in [6, 6.07) is 19.8. The van der Waals surface area contributed by atoms with Crippen molar-refractivity contribution in [3.8, 4) is 0 Å². The van der Waals surface area contributed by atoms with E-state index in [1.165, 1.54) is 11.1 Å².